The van der Waals surface area contributed by atoms with Gasteiger partial charge in [-0.05, 0) is 43.5 Å². The van der Waals surface area contributed by atoms with Crippen LogP contribution in [-0.2, 0) is 11.3 Å². The Bertz CT molecular complexity index is 1040. The number of aromatic nitrogens is 2. The molecule has 3 rings (SSSR count). The number of fused-ring (bicyclic) bond motifs is 1. The van der Waals surface area contributed by atoms with Crippen molar-refractivity contribution >= 4 is 22.8 Å². The molecule has 2 aromatic carbocycles. The third-order valence-electron chi connectivity index (χ3n) is 5.06. The molecule has 2 amide bonds. The average Bonchev–Trinajstić information content (AvgIpc) is 3.04. The average molecular weight is 410 g/mol. The summed E-state index contributed by atoms with van der Waals surface area (Å²) < 4.78 is 16.0. The number of imidazole rings is 1. The van der Waals surface area contributed by atoms with Crippen molar-refractivity contribution in [3.05, 3.63) is 65.7 Å². The third-order valence-corrected chi connectivity index (χ3v) is 5.06. The highest BCUT2D eigenvalue weighted by molar-refractivity contribution is 5.97. The number of para-hydroxylation sites is 2. The fourth-order valence-corrected chi connectivity index (χ4v) is 3.44. The van der Waals surface area contributed by atoms with E-state index in [2.05, 4.69) is 20.2 Å². The first-order valence-corrected chi connectivity index (χ1v) is 10.1. The SMILES string of the molecule is Cc1nc2ccccc2n1CCCNC(=O)C(NC(=O)c1ccccc1F)C(C)C. The van der Waals surface area contributed by atoms with Crippen LogP contribution in [0.3, 0.4) is 0 Å². The van der Waals surface area contributed by atoms with Crippen LogP contribution in [0.25, 0.3) is 11.0 Å². The molecular weight excluding hydrogens is 383 g/mol. The number of aryl methyl sites for hydroxylation is 2. The highest BCUT2D eigenvalue weighted by Gasteiger charge is 2.25. The largest absolute Gasteiger partial charge is 0.354 e. The molecule has 158 valence electrons. The molecule has 6 nitrogen and oxygen atoms in total. The summed E-state index contributed by atoms with van der Waals surface area (Å²) in [4.78, 5) is 29.6. The van der Waals surface area contributed by atoms with E-state index < -0.39 is 17.8 Å². The summed E-state index contributed by atoms with van der Waals surface area (Å²) >= 11 is 0. The molecule has 0 fully saturated rings. The Morgan fingerprint density at radius 3 is 2.53 bits per heavy atom. The molecule has 2 N–H and O–H groups in total. The van der Waals surface area contributed by atoms with E-state index in [-0.39, 0.29) is 17.4 Å². The van der Waals surface area contributed by atoms with Crippen molar-refractivity contribution in [1.82, 2.24) is 20.2 Å². The van der Waals surface area contributed by atoms with Crippen molar-refractivity contribution in [3.63, 3.8) is 0 Å². The van der Waals surface area contributed by atoms with Gasteiger partial charge in [0.2, 0.25) is 5.91 Å². The normalized spacial score (nSPS) is 12.2. The number of halogens is 1. The standard InChI is InChI=1S/C23H27FN4O2/c1-15(2)21(27-22(29)17-9-4-5-10-18(17)24)23(30)25-13-8-14-28-16(3)26-19-11-6-7-12-20(19)28/h4-7,9-12,15,21H,8,13-14H2,1-3H3,(H,25,30)(H,27,29). The van der Waals surface area contributed by atoms with Gasteiger partial charge in [-0.2, -0.15) is 0 Å². The smallest absolute Gasteiger partial charge is 0.254 e. The van der Waals surface area contributed by atoms with Crippen LogP contribution < -0.4 is 10.6 Å². The number of rotatable bonds is 8. The highest BCUT2D eigenvalue weighted by Crippen LogP contribution is 2.15. The lowest BCUT2D eigenvalue weighted by molar-refractivity contribution is -0.123. The molecule has 1 unspecified atom stereocenters. The fraction of sp³-hybridized carbons (Fsp3) is 0.348. The van der Waals surface area contributed by atoms with Gasteiger partial charge in [0.15, 0.2) is 0 Å². The van der Waals surface area contributed by atoms with E-state index in [1.807, 2.05) is 45.0 Å². The van der Waals surface area contributed by atoms with Gasteiger partial charge in [-0.15, -0.1) is 0 Å². The molecule has 1 atom stereocenters. The Hall–Kier alpha value is -3.22. The maximum Gasteiger partial charge on any atom is 0.254 e. The van der Waals surface area contributed by atoms with E-state index >= 15 is 0 Å². The molecule has 0 radical (unpaired) electrons. The van der Waals surface area contributed by atoms with Crippen LogP contribution in [0.2, 0.25) is 0 Å². The zero-order chi connectivity index (χ0) is 21.7. The number of carbonyl (C=O) groups excluding carboxylic acids is 2. The molecule has 1 aromatic heterocycles. The van der Waals surface area contributed by atoms with Crippen molar-refractivity contribution in [2.45, 2.75) is 39.8 Å². The van der Waals surface area contributed by atoms with Crippen molar-refractivity contribution in [1.29, 1.82) is 0 Å². The first-order valence-electron chi connectivity index (χ1n) is 10.1. The molecule has 0 saturated carbocycles. The molecular formula is C23H27FN4O2. The summed E-state index contributed by atoms with van der Waals surface area (Å²) in [5.41, 5.74) is 1.95. The van der Waals surface area contributed by atoms with Gasteiger partial charge >= 0.3 is 0 Å². The van der Waals surface area contributed by atoms with E-state index in [1.165, 1.54) is 18.2 Å². The van der Waals surface area contributed by atoms with Gasteiger partial charge < -0.3 is 15.2 Å². The van der Waals surface area contributed by atoms with Crippen LogP contribution >= 0.6 is 0 Å². The fourth-order valence-electron chi connectivity index (χ4n) is 3.44. The zero-order valence-electron chi connectivity index (χ0n) is 17.5. The Morgan fingerprint density at radius 1 is 1.10 bits per heavy atom. The molecule has 0 aliphatic heterocycles. The number of hydrogen-bond donors (Lipinski definition) is 2. The number of nitrogens with one attached hydrogen (secondary N) is 2. The lowest BCUT2D eigenvalue weighted by atomic mass is 10.0. The van der Waals surface area contributed by atoms with E-state index in [0.717, 1.165) is 29.8 Å². The van der Waals surface area contributed by atoms with Gasteiger partial charge in [0, 0.05) is 13.1 Å². The van der Waals surface area contributed by atoms with Crippen molar-refractivity contribution in [3.8, 4) is 0 Å². The van der Waals surface area contributed by atoms with Gasteiger partial charge in [-0.3, -0.25) is 9.59 Å². The van der Waals surface area contributed by atoms with Gasteiger partial charge in [-0.25, -0.2) is 9.37 Å². The topological polar surface area (TPSA) is 76.0 Å². The van der Waals surface area contributed by atoms with E-state index in [4.69, 9.17) is 0 Å². The summed E-state index contributed by atoms with van der Waals surface area (Å²) in [6, 6.07) is 12.9. The van der Waals surface area contributed by atoms with Crippen LogP contribution in [0.15, 0.2) is 48.5 Å². The Kier molecular flexibility index (Phi) is 6.82. The molecule has 3 aromatic rings. The second kappa shape index (κ2) is 9.52. The monoisotopic (exact) mass is 410 g/mol. The van der Waals surface area contributed by atoms with Crippen molar-refractivity contribution in [2.75, 3.05) is 6.54 Å². The molecule has 0 bridgehead atoms. The second-order valence-electron chi connectivity index (χ2n) is 7.62. The number of benzene rings is 2. The van der Waals surface area contributed by atoms with Gasteiger partial charge in [-0.1, -0.05) is 38.1 Å². The van der Waals surface area contributed by atoms with E-state index in [1.54, 1.807) is 6.07 Å². The number of carbonyl (C=O) groups is 2. The first-order chi connectivity index (χ1) is 14.4. The molecule has 0 aliphatic rings. The minimum absolute atomic E-state index is 0.0709. The highest BCUT2D eigenvalue weighted by atomic mass is 19.1. The van der Waals surface area contributed by atoms with E-state index in [0.29, 0.717) is 6.54 Å². The van der Waals surface area contributed by atoms with Crippen molar-refractivity contribution < 1.29 is 14.0 Å². The quantitative estimate of drug-likeness (QED) is 0.559. The summed E-state index contributed by atoms with van der Waals surface area (Å²) in [5, 5.41) is 5.54. The van der Waals surface area contributed by atoms with Gasteiger partial charge in [0.25, 0.3) is 5.91 Å². The molecule has 7 heteroatoms. The molecule has 1 heterocycles. The molecule has 30 heavy (non-hydrogen) atoms. The predicted molar refractivity (Wildman–Crippen MR) is 115 cm³/mol. The Labute approximate surface area is 175 Å². The summed E-state index contributed by atoms with van der Waals surface area (Å²) in [6.45, 7) is 6.83. The second-order valence-corrected chi connectivity index (χ2v) is 7.62. The van der Waals surface area contributed by atoms with Crippen molar-refractivity contribution in [2.24, 2.45) is 5.92 Å². The van der Waals surface area contributed by atoms with Gasteiger partial charge in [0.05, 0.1) is 16.6 Å². The number of amides is 2. The van der Waals surface area contributed by atoms with Crippen LogP contribution in [0.1, 0.15) is 36.5 Å². The molecule has 0 saturated heterocycles. The predicted octanol–water partition coefficient (Wildman–Crippen LogP) is 3.44. The Morgan fingerprint density at radius 2 is 1.80 bits per heavy atom. The van der Waals surface area contributed by atoms with Gasteiger partial charge in [0.1, 0.15) is 17.7 Å². The maximum absolute atomic E-state index is 13.9. The third kappa shape index (κ3) is 4.84. The summed E-state index contributed by atoms with van der Waals surface area (Å²) in [6.07, 6.45) is 0.721. The van der Waals surface area contributed by atoms with Crippen LogP contribution in [-0.4, -0.2) is 34.0 Å². The molecule has 0 spiro atoms. The van der Waals surface area contributed by atoms with Crippen LogP contribution in [0.4, 0.5) is 4.39 Å². The van der Waals surface area contributed by atoms with E-state index in [9.17, 15) is 14.0 Å². The van der Waals surface area contributed by atoms with Crippen LogP contribution in [0, 0.1) is 18.7 Å². The minimum atomic E-state index is -0.743. The number of nitrogens with zero attached hydrogens (tertiary/aromatic N) is 2. The Balaban J connectivity index is 1.56. The first kappa shape index (κ1) is 21.5. The summed E-state index contributed by atoms with van der Waals surface area (Å²) in [7, 11) is 0. The lowest BCUT2D eigenvalue weighted by Crippen LogP contribution is -2.50. The summed E-state index contributed by atoms with van der Waals surface area (Å²) in [5.74, 6) is -0.689. The van der Waals surface area contributed by atoms with Crippen LogP contribution in [0.5, 0.6) is 0 Å². The minimum Gasteiger partial charge on any atom is -0.354 e. The number of hydrogen-bond acceptors (Lipinski definition) is 3. The maximum atomic E-state index is 13.9. The molecule has 0 aliphatic carbocycles. The zero-order valence-corrected chi connectivity index (χ0v) is 17.5. The lowest BCUT2D eigenvalue weighted by Gasteiger charge is -2.22.